The van der Waals surface area contributed by atoms with Crippen LogP contribution >= 0.6 is 0 Å². The third kappa shape index (κ3) is 4.53. The van der Waals surface area contributed by atoms with Crippen LogP contribution in [0.4, 0.5) is 0 Å². The SMILES string of the molecule is CCOC(OCC)C(c1ccccn1)C(C)C1CCCCC1. The Bertz CT molecular complexity index is 397. The summed E-state index contributed by atoms with van der Waals surface area (Å²) in [6.45, 7) is 7.77. The number of pyridine rings is 1. The van der Waals surface area contributed by atoms with E-state index in [0.29, 0.717) is 19.1 Å². The van der Waals surface area contributed by atoms with Gasteiger partial charge in [0.15, 0.2) is 6.29 Å². The molecule has 2 unspecified atom stereocenters. The van der Waals surface area contributed by atoms with E-state index in [1.165, 1.54) is 32.1 Å². The molecule has 1 aromatic rings. The topological polar surface area (TPSA) is 31.4 Å². The van der Waals surface area contributed by atoms with Crippen LogP contribution in [0.2, 0.25) is 0 Å². The lowest BCUT2D eigenvalue weighted by Crippen LogP contribution is -2.34. The fourth-order valence-electron chi connectivity index (χ4n) is 3.77. The average Bonchev–Trinajstić information content (AvgIpc) is 2.57. The monoisotopic (exact) mass is 305 g/mol. The first-order chi connectivity index (χ1) is 10.8. The molecule has 1 saturated carbocycles. The molecule has 1 heterocycles. The summed E-state index contributed by atoms with van der Waals surface area (Å²) >= 11 is 0. The van der Waals surface area contributed by atoms with Gasteiger partial charge in [-0.1, -0.05) is 45.1 Å². The van der Waals surface area contributed by atoms with E-state index in [1.807, 2.05) is 26.1 Å². The summed E-state index contributed by atoms with van der Waals surface area (Å²) < 4.78 is 11.9. The summed E-state index contributed by atoms with van der Waals surface area (Å²) in [5.74, 6) is 1.49. The second kappa shape index (κ2) is 9.26. The molecule has 0 spiro atoms. The Labute approximate surface area is 135 Å². The van der Waals surface area contributed by atoms with Crippen LogP contribution in [-0.4, -0.2) is 24.5 Å². The fraction of sp³-hybridized carbons (Fsp3) is 0.737. The van der Waals surface area contributed by atoms with Crippen LogP contribution in [0.1, 0.15) is 64.5 Å². The van der Waals surface area contributed by atoms with Crippen LogP contribution in [-0.2, 0) is 9.47 Å². The minimum Gasteiger partial charge on any atom is -0.352 e. The maximum Gasteiger partial charge on any atom is 0.166 e. The first-order valence-corrected chi connectivity index (χ1v) is 8.92. The van der Waals surface area contributed by atoms with Crippen LogP contribution in [0.25, 0.3) is 0 Å². The Morgan fingerprint density at radius 2 is 1.77 bits per heavy atom. The van der Waals surface area contributed by atoms with Crippen molar-refractivity contribution in [2.75, 3.05) is 13.2 Å². The minimum absolute atomic E-state index is 0.193. The smallest absolute Gasteiger partial charge is 0.166 e. The molecule has 1 aromatic heterocycles. The molecular weight excluding hydrogens is 274 g/mol. The van der Waals surface area contributed by atoms with E-state index in [0.717, 1.165) is 11.6 Å². The molecule has 0 radical (unpaired) electrons. The average molecular weight is 305 g/mol. The van der Waals surface area contributed by atoms with Crippen molar-refractivity contribution in [2.24, 2.45) is 11.8 Å². The molecule has 1 aliphatic rings. The van der Waals surface area contributed by atoms with Crippen LogP contribution in [0.5, 0.6) is 0 Å². The molecule has 0 N–H and O–H groups in total. The normalized spacial score (nSPS) is 19.3. The van der Waals surface area contributed by atoms with Gasteiger partial charge in [0.2, 0.25) is 0 Å². The van der Waals surface area contributed by atoms with E-state index < -0.39 is 0 Å². The summed E-state index contributed by atoms with van der Waals surface area (Å²) in [6.07, 6.45) is 8.45. The van der Waals surface area contributed by atoms with Gasteiger partial charge in [-0.25, -0.2) is 0 Å². The lowest BCUT2D eigenvalue weighted by Gasteiger charge is -2.37. The number of nitrogens with zero attached hydrogens (tertiary/aromatic N) is 1. The van der Waals surface area contributed by atoms with E-state index in [9.17, 15) is 0 Å². The van der Waals surface area contributed by atoms with E-state index in [-0.39, 0.29) is 12.2 Å². The second-order valence-electron chi connectivity index (χ2n) is 6.32. The molecule has 1 aliphatic carbocycles. The van der Waals surface area contributed by atoms with Crippen molar-refractivity contribution in [1.29, 1.82) is 0 Å². The van der Waals surface area contributed by atoms with Gasteiger partial charge in [0.1, 0.15) is 0 Å². The predicted octanol–water partition coefficient (Wildman–Crippen LogP) is 4.78. The summed E-state index contributed by atoms with van der Waals surface area (Å²) in [6, 6.07) is 6.16. The highest BCUT2D eigenvalue weighted by Gasteiger charge is 2.35. The van der Waals surface area contributed by atoms with Gasteiger partial charge in [0.25, 0.3) is 0 Å². The molecule has 3 heteroatoms. The summed E-state index contributed by atoms with van der Waals surface area (Å²) in [5.41, 5.74) is 1.10. The zero-order chi connectivity index (χ0) is 15.8. The van der Waals surface area contributed by atoms with Gasteiger partial charge in [0, 0.05) is 25.1 Å². The molecule has 124 valence electrons. The lowest BCUT2D eigenvalue weighted by atomic mass is 9.73. The first-order valence-electron chi connectivity index (χ1n) is 8.92. The fourth-order valence-corrected chi connectivity index (χ4v) is 3.77. The zero-order valence-corrected chi connectivity index (χ0v) is 14.3. The third-order valence-corrected chi connectivity index (χ3v) is 4.94. The number of hydrogen-bond donors (Lipinski definition) is 0. The van der Waals surface area contributed by atoms with Crippen molar-refractivity contribution in [3.05, 3.63) is 30.1 Å². The molecule has 0 bridgehead atoms. The quantitative estimate of drug-likeness (QED) is 0.648. The van der Waals surface area contributed by atoms with Gasteiger partial charge in [-0.15, -0.1) is 0 Å². The first kappa shape index (κ1) is 17.4. The van der Waals surface area contributed by atoms with Crippen molar-refractivity contribution < 1.29 is 9.47 Å². The molecule has 22 heavy (non-hydrogen) atoms. The van der Waals surface area contributed by atoms with E-state index in [1.54, 1.807) is 0 Å². The maximum atomic E-state index is 5.95. The van der Waals surface area contributed by atoms with E-state index in [2.05, 4.69) is 24.0 Å². The maximum absolute atomic E-state index is 5.95. The third-order valence-electron chi connectivity index (χ3n) is 4.94. The molecule has 0 amide bonds. The van der Waals surface area contributed by atoms with Gasteiger partial charge in [-0.3, -0.25) is 4.98 Å². The summed E-state index contributed by atoms with van der Waals surface area (Å²) in [7, 11) is 0. The van der Waals surface area contributed by atoms with Gasteiger partial charge in [0.05, 0.1) is 5.92 Å². The highest BCUT2D eigenvalue weighted by Crippen LogP contribution is 2.40. The van der Waals surface area contributed by atoms with Crippen molar-refractivity contribution in [2.45, 2.75) is 65.1 Å². The van der Waals surface area contributed by atoms with Crippen LogP contribution in [0.15, 0.2) is 24.4 Å². The molecule has 0 saturated heterocycles. The summed E-state index contributed by atoms with van der Waals surface area (Å²) in [5, 5.41) is 0. The van der Waals surface area contributed by atoms with Crippen LogP contribution in [0, 0.1) is 11.8 Å². The molecule has 0 aliphatic heterocycles. The molecular formula is C19H31NO2. The lowest BCUT2D eigenvalue weighted by molar-refractivity contribution is -0.162. The number of hydrogen-bond acceptors (Lipinski definition) is 3. The van der Waals surface area contributed by atoms with Crippen molar-refractivity contribution >= 4 is 0 Å². The minimum atomic E-state index is -0.193. The highest BCUT2D eigenvalue weighted by molar-refractivity contribution is 5.12. The Morgan fingerprint density at radius 3 is 2.32 bits per heavy atom. The van der Waals surface area contributed by atoms with Gasteiger partial charge in [-0.05, 0) is 37.8 Å². The molecule has 0 aromatic carbocycles. The van der Waals surface area contributed by atoms with Crippen LogP contribution < -0.4 is 0 Å². The van der Waals surface area contributed by atoms with Gasteiger partial charge >= 0.3 is 0 Å². The molecule has 2 rings (SSSR count). The molecule has 3 nitrogen and oxygen atoms in total. The number of rotatable bonds is 8. The van der Waals surface area contributed by atoms with E-state index >= 15 is 0 Å². The van der Waals surface area contributed by atoms with Crippen molar-refractivity contribution in [3.63, 3.8) is 0 Å². The highest BCUT2D eigenvalue weighted by atomic mass is 16.7. The Kier molecular flexibility index (Phi) is 7.34. The molecule has 1 fully saturated rings. The summed E-state index contributed by atoms with van der Waals surface area (Å²) in [4.78, 5) is 4.62. The van der Waals surface area contributed by atoms with Crippen molar-refractivity contribution in [3.8, 4) is 0 Å². The Morgan fingerprint density at radius 1 is 1.09 bits per heavy atom. The number of aromatic nitrogens is 1. The Hall–Kier alpha value is -0.930. The van der Waals surface area contributed by atoms with Crippen molar-refractivity contribution in [1.82, 2.24) is 4.98 Å². The zero-order valence-electron chi connectivity index (χ0n) is 14.3. The van der Waals surface area contributed by atoms with Gasteiger partial charge in [-0.2, -0.15) is 0 Å². The van der Waals surface area contributed by atoms with E-state index in [4.69, 9.17) is 9.47 Å². The standard InChI is InChI=1S/C19H31NO2/c1-4-21-19(22-5-2)18(17-13-9-10-14-20-17)15(3)16-11-7-6-8-12-16/h9-10,13-16,18-19H,4-8,11-12H2,1-3H3. The van der Waals surface area contributed by atoms with Gasteiger partial charge < -0.3 is 9.47 Å². The second-order valence-corrected chi connectivity index (χ2v) is 6.32. The van der Waals surface area contributed by atoms with Crippen LogP contribution in [0.3, 0.4) is 0 Å². The predicted molar refractivity (Wildman–Crippen MR) is 89.8 cm³/mol. The number of ether oxygens (including phenoxy) is 2. The Balaban J connectivity index is 2.22. The largest absolute Gasteiger partial charge is 0.352 e. The molecule has 2 atom stereocenters.